The molecular weight excluding hydrogens is 346 g/mol. The van der Waals surface area contributed by atoms with Gasteiger partial charge < -0.3 is 5.73 Å². The number of nitrogens with two attached hydrogens (primary N) is 1. The van der Waals surface area contributed by atoms with Crippen LogP contribution in [0.15, 0.2) is 71.8 Å². The Hall–Kier alpha value is -3.25. The Morgan fingerprint density at radius 3 is 2.65 bits per heavy atom. The molecule has 1 amide bonds. The van der Waals surface area contributed by atoms with Gasteiger partial charge in [-0.15, -0.1) is 11.3 Å². The van der Waals surface area contributed by atoms with Crippen molar-refractivity contribution in [3.8, 4) is 10.4 Å². The molecule has 0 saturated carbocycles. The molecular formula is C20H15N3O2S. The van der Waals surface area contributed by atoms with Gasteiger partial charge in [0.15, 0.2) is 0 Å². The van der Waals surface area contributed by atoms with Gasteiger partial charge in [0.25, 0.3) is 5.56 Å². The van der Waals surface area contributed by atoms with Gasteiger partial charge in [-0.1, -0.05) is 42.5 Å². The first-order chi connectivity index (χ1) is 12.6. The molecule has 0 atom stereocenters. The number of fused-ring (bicyclic) bond motifs is 1. The van der Waals surface area contributed by atoms with Crippen LogP contribution in [0.2, 0.25) is 0 Å². The smallest absolute Gasteiger partial charge is 0.271 e. The third-order valence-electron chi connectivity index (χ3n) is 4.13. The summed E-state index contributed by atoms with van der Waals surface area (Å²) in [6.07, 6.45) is 1.54. The highest BCUT2D eigenvalue weighted by atomic mass is 32.1. The van der Waals surface area contributed by atoms with Gasteiger partial charge in [0, 0.05) is 10.4 Å². The van der Waals surface area contributed by atoms with E-state index in [0.717, 1.165) is 16.0 Å². The second-order valence-corrected chi connectivity index (χ2v) is 6.99. The number of aromatic nitrogens is 2. The molecule has 26 heavy (non-hydrogen) atoms. The third-order valence-corrected chi connectivity index (χ3v) is 5.29. The van der Waals surface area contributed by atoms with E-state index < -0.39 is 5.91 Å². The molecule has 6 heteroatoms. The van der Waals surface area contributed by atoms with Crippen LogP contribution < -0.4 is 11.3 Å². The van der Waals surface area contributed by atoms with Gasteiger partial charge in [-0.3, -0.25) is 14.2 Å². The molecule has 0 aliphatic carbocycles. The summed E-state index contributed by atoms with van der Waals surface area (Å²) >= 11 is 1.44. The highest BCUT2D eigenvalue weighted by molar-refractivity contribution is 7.22. The Morgan fingerprint density at radius 2 is 1.88 bits per heavy atom. The second-order valence-electron chi connectivity index (χ2n) is 5.93. The number of nitrogens with zero attached hydrogens (tertiary/aromatic N) is 2. The average Bonchev–Trinajstić information content (AvgIpc) is 3.10. The van der Waals surface area contributed by atoms with Crippen LogP contribution in [0.4, 0.5) is 0 Å². The van der Waals surface area contributed by atoms with E-state index in [1.807, 2.05) is 42.5 Å². The minimum Gasteiger partial charge on any atom is -0.366 e. The van der Waals surface area contributed by atoms with Crippen molar-refractivity contribution in [2.75, 3.05) is 0 Å². The molecule has 0 radical (unpaired) electrons. The standard InChI is InChI=1S/C20H15N3O2S/c21-19(24)15-8-4-5-13(9-15)11-23-12-22-16-10-17(26-18(16)20(23)25)14-6-2-1-3-7-14/h1-10,12H,11H2,(H2,21,24). The quantitative estimate of drug-likeness (QED) is 0.606. The van der Waals surface area contributed by atoms with Crippen molar-refractivity contribution in [1.29, 1.82) is 0 Å². The molecule has 0 spiro atoms. The Labute approximate surface area is 153 Å². The molecule has 2 aromatic heterocycles. The molecule has 0 saturated heterocycles. The predicted molar refractivity (Wildman–Crippen MR) is 103 cm³/mol. The maximum atomic E-state index is 12.8. The number of primary amides is 1. The molecule has 0 aliphatic rings. The molecule has 0 unspecified atom stereocenters. The first kappa shape index (κ1) is 16.2. The van der Waals surface area contributed by atoms with Gasteiger partial charge >= 0.3 is 0 Å². The van der Waals surface area contributed by atoms with Crippen molar-refractivity contribution in [3.05, 3.63) is 88.5 Å². The number of rotatable bonds is 4. The summed E-state index contributed by atoms with van der Waals surface area (Å²) in [5.41, 5.74) is 8.24. The van der Waals surface area contributed by atoms with E-state index in [1.165, 1.54) is 11.3 Å². The van der Waals surface area contributed by atoms with Crippen LogP contribution in [0, 0.1) is 0 Å². The van der Waals surface area contributed by atoms with Crippen LogP contribution in [0.25, 0.3) is 20.7 Å². The molecule has 2 aromatic carbocycles. The summed E-state index contributed by atoms with van der Waals surface area (Å²) in [4.78, 5) is 29.6. The fourth-order valence-electron chi connectivity index (χ4n) is 2.82. The lowest BCUT2D eigenvalue weighted by Gasteiger charge is -2.06. The average molecular weight is 361 g/mol. The normalized spacial score (nSPS) is 10.9. The maximum Gasteiger partial charge on any atom is 0.271 e. The molecule has 0 aliphatic heterocycles. The zero-order valence-corrected chi connectivity index (χ0v) is 14.6. The predicted octanol–water partition coefficient (Wildman–Crippen LogP) is 3.27. The van der Waals surface area contributed by atoms with Crippen molar-refractivity contribution in [1.82, 2.24) is 9.55 Å². The van der Waals surface area contributed by atoms with E-state index in [1.54, 1.807) is 29.1 Å². The van der Waals surface area contributed by atoms with Gasteiger partial charge in [-0.25, -0.2) is 4.98 Å². The van der Waals surface area contributed by atoms with Crippen LogP contribution in [-0.4, -0.2) is 15.5 Å². The maximum absolute atomic E-state index is 12.8. The van der Waals surface area contributed by atoms with Crippen molar-refractivity contribution < 1.29 is 4.79 Å². The van der Waals surface area contributed by atoms with Crippen LogP contribution in [-0.2, 0) is 6.54 Å². The van der Waals surface area contributed by atoms with E-state index in [-0.39, 0.29) is 5.56 Å². The van der Waals surface area contributed by atoms with Crippen LogP contribution >= 0.6 is 11.3 Å². The Balaban J connectivity index is 1.73. The number of benzene rings is 2. The first-order valence-electron chi connectivity index (χ1n) is 8.05. The van der Waals surface area contributed by atoms with Crippen molar-refractivity contribution >= 4 is 27.5 Å². The summed E-state index contributed by atoms with van der Waals surface area (Å²) < 4.78 is 2.17. The summed E-state index contributed by atoms with van der Waals surface area (Å²) in [6.45, 7) is 0.335. The molecule has 4 aromatic rings. The lowest BCUT2D eigenvalue weighted by Crippen LogP contribution is -2.20. The SMILES string of the molecule is NC(=O)c1cccc(Cn2cnc3cc(-c4ccccc4)sc3c2=O)c1. The van der Waals surface area contributed by atoms with Gasteiger partial charge in [0.05, 0.1) is 18.4 Å². The van der Waals surface area contributed by atoms with Gasteiger partial charge in [0.1, 0.15) is 4.70 Å². The van der Waals surface area contributed by atoms with E-state index in [2.05, 4.69) is 4.98 Å². The van der Waals surface area contributed by atoms with Crippen LogP contribution in [0.3, 0.4) is 0 Å². The Morgan fingerprint density at radius 1 is 1.08 bits per heavy atom. The number of carbonyl (C=O) groups is 1. The van der Waals surface area contributed by atoms with E-state index in [0.29, 0.717) is 22.3 Å². The molecule has 2 N–H and O–H groups in total. The molecule has 2 heterocycles. The summed E-state index contributed by atoms with van der Waals surface area (Å²) in [5, 5.41) is 0. The summed E-state index contributed by atoms with van der Waals surface area (Å²) in [5.74, 6) is -0.487. The van der Waals surface area contributed by atoms with Gasteiger partial charge in [-0.2, -0.15) is 0 Å². The second kappa shape index (κ2) is 6.57. The van der Waals surface area contributed by atoms with Crippen molar-refractivity contribution in [3.63, 3.8) is 0 Å². The Bertz CT molecular complexity index is 1160. The Kier molecular flexibility index (Phi) is 4.10. The van der Waals surface area contributed by atoms with Crippen LogP contribution in [0.5, 0.6) is 0 Å². The number of hydrogen-bond acceptors (Lipinski definition) is 4. The largest absolute Gasteiger partial charge is 0.366 e. The number of thiophene rings is 1. The number of carbonyl (C=O) groups excluding carboxylic acids is 1. The van der Waals surface area contributed by atoms with E-state index in [9.17, 15) is 9.59 Å². The molecule has 0 fully saturated rings. The molecule has 4 rings (SSSR count). The fraction of sp³-hybridized carbons (Fsp3) is 0.0500. The third kappa shape index (κ3) is 3.02. The summed E-state index contributed by atoms with van der Waals surface area (Å²) in [6, 6.07) is 18.8. The van der Waals surface area contributed by atoms with Crippen molar-refractivity contribution in [2.24, 2.45) is 5.73 Å². The minimum atomic E-state index is -0.487. The fourth-order valence-corrected chi connectivity index (χ4v) is 3.89. The lowest BCUT2D eigenvalue weighted by molar-refractivity contribution is 0.1000. The first-order valence-corrected chi connectivity index (χ1v) is 8.86. The highest BCUT2D eigenvalue weighted by Crippen LogP contribution is 2.30. The highest BCUT2D eigenvalue weighted by Gasteiger charge is 2.11. The molecule has 0 bridgehead atoms. The topological polar surface area (TPSA) is 78.0 Å². The summed E-state index contributed by atoms with van der Waals surface area (Å²) in [7, 11) is 0. The minimum absolute atomic E-state index is 0.0911. The molecule has 128 valence electrons. The number of amides is 1. The van der Waals surface area contributed by atoms with Gasteiger partial charge in [-0.05, 0) is 29.3 Å². The number of hydrogen-bond donors (Lipinski definition) is 1. The zero-order chi connectivity index (χ0) is 18.1. The van der Waals surface area contributed by atoms with Gasteiger partial charge in [0.2, 0.25) is 5.91 Å². The lowest BCUT2D eigenvalue weighted by atomic mass is 10.1. The zero-order valence-electron chi connectivity index (χ0n) is 13.8. The van der Waals surface area contributed by atoms with Crippen molar-refractivity contribution in [2.45, 2.75) is 6.54 Å². The van der Waals surface area contributed by atoms with Crippen LogP contribution in [0.1, 0.15) is 15.9 Å². The monoisotopic (exact) mass is 361 g/mol. The molecule has 5 nitrogen and oxygen atoms in total. The van der Waals surface area contributed by atoms with E-state index in [4.69, 9.17) is 5.73 Å². The van der Waals surface area contributed by atoms with E-state index >= 15 is 0 Å².